The zero-order valence-corrected chi connectivity index (χ0v) is 15.7. The molecule has 0 saturated heterocycles. The van der Waals surface area contributed by atoms with Crippen LogP contribution in [-0.2, 0) is 12.1 Å². The van der Waals surface area contributed by atoms with E-state index in [9.17, 15) is 4.79 Å². The molecule has 0 atom stereocenters. The molecule has 3 aromatic rings. The van der Waals surface area contributed by atoms with Crippen LogP contribution in [0.5, 0.6) is 0 Å². The number of nitrogens with one attached hydrogen (secondary N) is 1. The fourth-order valence-corrected chi connectivity index (χ4v) is 3.73. The van der Waals surface area contributed by atoms with Gasteiger partial charge >= 0.3 is 0 Å². The van der Waals surface area contributed by atoms with Crippen molar-refractivity contribution in [1.82, 2.24) is 25.2 Å². The van der Waals surface area contributed by atoms with Crippen LogP contribution in [0.4, 0.5) is 0 Å². The van der Waals surface area contributed by atoms with E-state index in [0.29, 0.717) is 28.8 Å². The largest absolute Gasteiger partial charge is 0.340 e. The van der Waals surface area contributed by atoms with Gasteiger partial charge < -0.3 is 9.84 Å². The van der Waals surface area contributed by atoms with Gasteiger partial charge in [0.1, 0.15) is 5.54 Å². The minimum absolute atomic E-state index is 0.190. The van der Waals surface area contributed by atoms with Crippen molar-refractivity contribution < 1.29 is 9.32 Å². The van der Waals surface area contributed by atoms with Gasteiger partial charge in [-0.3, -0.25) is 9.48 Å². The Morgan fingerprint density at radius 2 is 2.11 bits per heavy atom. The van der Waals surface area contributed by atoms with Crippen LogP contribution in [0.25, 0.3) is 0 Å². The molecule has 0 radical (unpaired) electrons. The lowest BCUT2D eigenvalue weighted by molar-refractivity contribution is 0.0892. The van der Waals surface area contributed by atoms with Crippen LogP contribution in [0.15, 0.2) is 41.2 Å². The third-order valence-electron chi connectivity index (χ3n) is 4.95. The topological polar surface area (TPSA) is 85.8 Å². The Labute approximate surface area is 161 Å². The molecule has 2 heterocycles. The molecule has 27 heavy (non-hydrogen) atoms. The molecule has 8 heteroatoms. The van der Waals surface area contributed by atoms with Gasteiger partial charge in [-0.05, 0) is 24.5 Å². The fourth-order valence-electron chi connectivity index (χ4n) is 3.53. The normalized spacial score (nSPS) is 15.8. The zero-order valence-electron chi connectivity index (χ0n) is 15.0. The van der Waals surface area contributed by atoms with E-state index in [0.717, 1.165) is 31.2 Å². The van der Waals surface area contributed by atoms with E-state index in [1.807, 2.05) is 24.3 Å². The first-order valence-corrected chi connectivity index (χ1v) is 9.33. The number of benzene rings is 1. The molecule has 0 bridgehead atoms. The molecule has 1 fully saturated rings. The quantitative estimate of drug-likeness (QED) is 0.726. The molecule has 140 valence electrons. The van der Waals surface area contributed by atoms with Crippen molar-refractivity contribution in [3.8, 4) is 0 Å². The summed E-state index contributed by atoms with van der Waals surface area (Å²) in [6.07, 6.45) is 6.91. The number of nitrogens with zero attached hydrogens (tertiary/aromatic N) is 4. The Kier molecular flexibility index (Phi) is 4.70. The van der Waals surface area contributed by atoms with E-state index < -0.39 is 5.54 Å². The number of hydrogen-bond donors (Lipinski definition) is 1. The van der Waals surface area contributed by atoms with Gasteiger partial charge in [-0.1, -0.05) is 47.8 Å². The highest BCUT2D eigenvalue weighted by molar-refractivity contribution is 6.31. The van der Waals surface area contributed by atoms with Crippen LogP contribution in [-0.4, -0.2) is 25.8 Å². The van der Waals surface area contributed by atoms with Crippen LogP contribution in [0.3, 0.4) is 0 Å². The molecule has 1 aliphatic rings. The number of hydrogen-bond acceptors (Lipinski definition) is 5. The van der Waals surface area contributed by atoms with Crippen molar-refractivity contribution in [3.63, 3.8) is 0 Å². The molecule has 1 aliphatic carbocycles. The lowest BCUT2D eigenvalue weighted by atomic mass is 9.96. The molecule has 1 saturated carbocycles. The molecule has 1 amide bonds. The van der Waals surface area contributed by atoms with Crippen molar-refractivity contribution in [2.75, 3.05) is 0 Å². The highest BCUT2D eigenvalue weighted by Crippen LogP contribution is 2.37. The third kappa shape index (κ3) is 3.60. The first kappa shape index (κ1) is 17.7. The van der Waals surface area contributed by atoms with Gasteiger partial charge in [0, 0.05) is 18.1 Å². The molecule has 0 aliphatic heterocycles. The summed E-state index contributed by atoms with van der Waals surface area (Å²) in [5.41, 5.74) is 0.872. The van der Waals surface area contributed by atoms with Crippen LogP contribution in [0.2, 0.25) is 5.02 Å². The summed E-state index contributed by atoms with van der Waals surface area (Å²) in [4.78, 5) is 17.2. The average Bonchev–Trinajstić information content (AvgIpc) is 3.38. The molecule has 4 rings (SSSR count). The number of amides is 1. The maximum absolute atomic E-state index is 12.8. The van der Waals surface area contributed by atoms with Gasteiger partial charge in [0.05, 0.1) is 18.3 Å². The van der Waals surface area contributed by atoms with Crippen molar-refractivity contribution in [1.29, 1.82) is 0 Å². The van der Waals surface area contributed by atoms with Crippen molar-refractivity contribution >= 4 is 17.5 Å². The molecule has 1 aromatic carbocycles. The zero-order chi connectivity index (χ0) is 18.9. The van der Waals surface area contributed by atoms with Gasteiger partial charge in [-0.25, -0.2) is 0 Å². The monoisotopic (exact) mass is 385 g/mol. The lowest BCUT2D eigenvalue weighted by Crippen LogP contribution is -2.44. The van der Waals surface area contributed by atoms with Crippen LogP contribution in [0, 0.1) is 6.92 Å². The van der Waals surface area contributed by atoms with E-state index in [4.69, 9.17) is 16.1 Å². The summed E-state index contributed by atoms with van der Waals surface area (Å²) in [6.45, 7) is 2.25. The SMILES string of the molecule is Cc1nc(C2(NC(=O)c3cnn(Cc4ccccc4Cl)c3)CCCC2)no1. The van der Waals surface area contributed by atoms with E-state index in [1.165, 1.54) is 0 Å². The minimum atomic E-state index is -0.570. The van der Waals surface area contributed by atoms with E-state index in [1.54, 1.807) is 24.0 Å². The van der Waals surface area contributed by atoms with E-state index in [-0.39, 0.29) is 5.91 Å². The predicted molar refractivity (Wildman–Crippen MR) is 99.4 cm³/mol. The number of aryl methyl sites for hydroxylation is 1. The number of halogens is 1. The van der Waals surface area contributed by atoms with Gasteiger partial charge in [0.2, 0.25) is 5.89 Å². The first-order chi connectivity index (χ1) is 13.1. The summed E-state index contributed by atoms with van der Waals surface area (Å²) in [5.74, 6) is 0.858. The highest BCUT2D eigenvalue weighted by Gasteiger charge is 2.41. The van der Waals surface area contributed by atoms with Gasteiger partial charge in [0.25, 0.3) is 5.91 Å². The second kappa shape index (κ2) is 7.15. The van der Waals surface area contributed by atoms with Crippen molar-refractivity contribution in [3.05, 3.63) is 64.5 Å². The Morgan fingerprint density at radius 3 is 2.81 bits per heavy atom. The maximum atomic E-state index is 12.8. The summed E-state index contributed by atoms with van der Waals surface area (Å²) in [5, 5.41) is 12.1. The van der Waals surface area contributed by atoms with Gasteiger partial charge in [-0.2, -0.15) is 10.1 Å². The first-order valence-electron chi connectivity index (χ1n) is 8.95. The van der Waals surface area contributed by atoms with Crippen molar-refractivity contribution in [2.24, 2.45) is 0 Å². The van der Waals surface area contributed by atoms with Crippen molar-refractivity contribution in [2.45, 2.75) is 44.7 Å². The van der Waals surface area contributed by atoms with E-state index >= 15 is 0 Å². The Bertz CT molecular complexity index is 958. The second-order valence-electron chi connectivity index (χ2n) is 6.90. The molecule has 1 N–H and O–H groups in total. The lowest BCUT2D eigenvalue weighted by Gasteiger charge is -2.26. The maximum Gasteiger partial charge on any atom is 0.255 e. The number of aromatic nitrogens is 4. The second-order valence-corrected chi connectivity index (χ2v) is 7.31. The summed E-state index contributed by atoms with van der Waals surface area (Å²) < 4.78 is 6.83. The molecular formula is C19H20ClN5O2. The standard InChI is InChI=1S/C19H20ClN5O2/c1-13-22-18(24-27-13)19(8-4-5-9-19)23-17(26)15-10-21-25(12-15)11-14-6-2-3-7-16(14)20/h2-3,6-7,10,12H,4-5,8-9,11H2,1H3,(H,23,26). The molecular weight excluding hydrogens is 366 g/mol. The number of carbonyl (C=O) groups excluding carboxylic acids is 1. The third-order valence-corrected chi connectivity index (χ3v) is 5.32. The fraction of sp³-hybridized carbons (Fsp3) is 0.368. The van der Waals surface area contributed by atoms with Crippen LogP contribution in [0.1, 0.15) is 53.3 Å². The highest BCUT2D eigenvalue weighted by atomic mass is 35.5. The van der Waals surface area contributed by atoms with E-state index in [2.05, 4.69) is 20.6 Å². The minimum Gasteiger partial charge on any atom is -0.340 e. The van der Waals surface area contributed by atoms with Gasteiger partial charge in [0.15, 0.2) is 5.82 Å². The van der Waals surface area contributed by atoms with Gasteiger partial charge in [-0.15, -0.1) is 0 Å². The smallest absolute Gasteiger partial charge is 0.255 e. The molecule has 2 aromatic heterocycles. The predicted octanol–water partition coefficient (Wildman–Crippen LogP) is 3.48. The Morgan fingerprint density at radius 1 is 1.33 bits per heavy atom. The molecule has 7 nitrogen and oxygen atoms in total. The Balaban J connectivity index is 1.51. The molecule has 0 unspecified atom stereocenters. The molecule has 0 spiro atoms. The summed E-state index contributed by atoms with van der Waals surface area (Å²) in [7, 11) is 0. The summed E-state index contributed by atoms with van der Waals surface area (Å²) in [6, 6.07) is 7.59. The Hall–Kier alpha value is -2.67. The summed E-state index contributed by atoms with van der Waals surface area (Å²) >= 11 is 6.20. The number of carbonyl (C=O) groups is 1. The number of rotatable bonds is 5. The van der Waals surface area contributed by atoms with Crippen LogP contribution < -0.4 is 5.32 Å². The van der Waals surface area contributed by atoms with Crippen LogP contribution >= 0.6 is 11.6 Å². The average molecular weight is 386 g/mol.